The van der Waals surface area contributed by atoms with Crippen LogP contribution >= 0.6 is 0 Å². The highest BCUT2D eigenvalue weighted by atomic mass is 16.2. The lowest BCUT2D eigenvalue weighted by molar-refractivity contribution is 0.0675. The largest absolute Gasteiger partial charge is 0.328 e. The summed E-state index contributed by atoms with van der Waals surface area (Å²) in [4.78, 5) is 14.9. The number of nitrogens with zero attached hydrogens (tertiary/aromatic N) is 5. The maximum Gasteiger partial charge on any atom is 0.275 e. The van der Waals surface area contributed by atoms with Crippen molar-refractivity contribution in [2.24, 2.45) is 0 Å². The number of H-pyrrole nitrogens is 1. The summed E-state index contributed by atoms with van der Waals surface area (Å²) in [6.07, 6.45) is 3.01. The minimum atomic E-state index is -0.00763. The number of fused-ring (bicyclic) bond motifs is 2. The van der Waals surface area contributed by atoms with Crippen molar-refractivity contribution >= 4 is 5.91 Å². The maximum atomic E-state index is 13.0. The van der Waals surface area contributed by atoms with Crippen molar-refractivity contribution in [2.75, 3.05) is 6.54 Å². The standard InChI is InChI=1S/C19H20N6O/c1-12-10-24(19(26)17-14-8-5-9-15(14)20-22-17)11-16-21-23-18(25(12)16)13-6-3-2-4-7-13/h2-4,6-7,12H,5,8-11H2,1H3,(H,20,22)/t12-/m0/s1. The number of aryl methyl sites for hydroxylation is 1. The number of carbonyl (C=O) groups excluding carboxylic acids is 1. The van der Waals surface area contributed by atoms with E-state index in [2.05, 4.69) is 31.9 Å². The van der Waals surface area contributed by atoms with E-state index in [1.807, 2.05) is 35.2 Å². The SMILES string of the molecule is C[C@H]1CN(C(=O)c2n[nH]c3c2CCC3)Cc2nnc(-c3ccccc3)n21. The van der Waals surface area contributed by atoms with Gasteiger partial charge in [0.2, 0.25) is 0 Å². The van der Waals surface area contributed by atoms with Crippen LogP contribution in [0.15, 0.2) is 30.3 Å². The van der Waals surface area contributed by atoms with Crippen LogP contribution in [-0.2, 0) is 19.4 Å². The molecule has 0 saturated carbocycles. The summed E-state index contributed by atoms with van der Waals surface area (Å²) >= 11 is 0. The van der Waals surface area contributed by atoms with E-state index < -0.39 is 0 Å². The molecule has 2 aliphatic rings. The van der Waals surface area contributed by atoms with Crippen LogP contribution in [0.1, 0.15) is 47.0 Å². The Morgan fingerprint density at radius 3 is 2.88 bits per heavy atom. The van der Waals surface area contributed by atoms with Crippen LogP contribution in [0.5, 0.6) is 0 Å². The summed E-state index contributed by atoms with van der Waals surface area (Å²) in [6.45, 7) is 3.20. The molecule has 7 nitrogen and oxygen atoms in total. The third-order valence-corrected chi connectivity index (χ3v) is 5.35. The van der Waals surface area contributed by atoms with E-state index in [0.29, 0.717) is 18.8 Å². The summed E-state index contributed by atoms with van der Waals surface area (Å²) in [5, 5.41) is 16.1. The van der Waals surface area contributed by atoms with E-state index in [4.69, 9.17) is 0 Å². The van der Waals surface area contributed by atoms with Gasteiger partial charge >= 0.3 is 0 Å². The van der Waals surface area contributed by atoms with Gasteiger partial charge in [-0.25, -0.2) is 0 Å². The smallest absolute Gasteiger partial charge is 0.275 e. The van der Waals surface area contributed by atoms with Crippen molar-refractivity contribution in [2.45, 2.75) is 38.8 Å². The van der Waals surface area contributed by atoms with E-state index in [1.165, 1.54) is 0 Å². The molecule has 1 N–H and O–H groups in total. The van der Waals surface area contributed by atoms with Gasteiger partial charge in [-0.3, -0.25) is 9.89 Å². The average Bonchev–Trinajstić information content (AvgIpc) is 3.37. The number of benzene rings is 1. The molecule has 3 aromatic rings. The number of hydrogen-bond donors (Lipinski definition) is 1. The molecule has 132 valence electrons. The molecule has 0 fully saturated rings. The number of rotatable bonds is 2. The van der Waals surface area contributed by atoms with Crippen LogP contribution in [0, 0.1) is 0 Å². The number of carbonyl (C=O) groups is 1. The Labute approximate surface area is 151 Å². The zero-order valence-electron chi connectivity index (χ0n) is 14.6. The number of amides is 1. The first kappa shape index (κ1) is 15.3. The van der Waals surface area contributed by atoms with Crippen molar-refractivity contribution in [1.82, 2.24) is 29.9 Å². The van der Waals surface area contributed by atoms with Crippen molar-refractivity contribution in [1.29, 1.82) is 0 Å². The molecule has 26 heavy (non-hydrogen) atoms. The summed E-state index contributed by atoms with van der Waals surface area (Å²) < 4.78 is 2.15. The lowest BCUT2D eigenvalue weighted by Gasteiger charge is -2.32. The molecular weight excluding hydrogens is 328 g/mol. The van der Waals surface area contributed by atoms with Gasteiger partial charge in [-0.05, 0) is 26.2 Å². The molecule has 3 heterocycles. The highest BCUT2D eigenvalue weighted by Crippen LogP contribution is 2.29. The predicted molar refractivity (Wildman–Crippen MR) is 95.5 cm³/mol. The molecule has 1 amide bonds. The lowest BCUT2D eigenvalue weighted by Crippen LogP contribution is -2.41. The fourth-order valence-electron chi connectivity index (χ4n) is 4.12. The highest BCUT2D eigenvalue weighted by Gasteiger charge is 2.33. The van der Waals surface area contributed by atoms with Gasteiger partial charge in [0.15, 0.2) is 17.3 Å². The molecule has 0 bridgehead atoms. The second-order valence-electron chi connectivity index (χ2n) is 7.09. The van der Waals surface area contributed by atoms with E-state index in [9.17, 15) is 4.79 Å². The second-order valence-corrected chi connectivity index (χ2v) is 7.09. The van der Waals surface area contributed by atoms with Gasteiger partial charge in [-0.1, -0.05) is 30.3 Å². The lowest BCUT2D eigenvalue weighted by atomic mass is 10.1. The van der Waals surface area contributed by atoms with Crippen LogP contribution < -0.4 is 0 Å². The first-order chi connectivity index (χ1) is 12.7. The van der Waals surface area contributed by atoms with Crippen LogP contribution in [0.4, 0.5) is 0 Å². The number of hydrogen-bond acceptors (Lipinski definition) is 4. The predicted octanol–water partition coefficient (Wildman–Crippen LogP) is 2.37. The quantitative estimate of drug-likeness (QED) is 0.771. The van der Waals surface area contributed by atoms with Crippen molar-refractivity contribution in [3.8, 4) is 11.4 Å². The zero-order valence-corrected chi connectivity index (χ0v) is 14.6. The third-order valence-electron chi connectivity index (χ3n) is 5.35. The summed E-state index contributed by atoms with van der Waals surface area (Å²) in [7, 11) is 0. The Balaban J connectivity index is 1.46. The number of nitrogens with one attached hydrogen (secondary N) is 1. The summed E-state index contributed by atoms with van der Waals surface area (Å²) in [5.41, 5.74) is 3.84. The molecule has 0 radical (unpaired) electrons. The van der Waals surface area contributed by atoms with Gasteiger partial charge in [0, 0.05) is 23.4 Å². The molecule has 7 heteroatoms. The normalized spacial score (nSPS) is 18.7. The topological polar surface area (TPSA) is 79.7 Å². The monoisotopic (exact) mass is 348 g/mol. The van der Waals surface area contributed by atoms with Crippen molar-refractivity contribution < 1.29 is 4.79 Å². The van der Waals surface area contributed by atoms with Gasteiger partial charge in [-0.15, -0.1) is 10.2 Å². The van der Waals surface area contributed by atoms with Crippen LogP contribution in [0.2, 0.25) is 0 Å². The van der Waals surface area contributed by atoms with E-state index in [-0.39, 0.29) is 11.9 Å². The Morgan fingerprint density at radius 2 is 2.04 bits per heavy atom. The number of aromatic amines is 1. The Kier molecular flexibility index (Phi) is 3.41. The van der Waals surface area contributed by atoms with Gasteiger partial charge in [0.05, 0.1) is 12.6 Å². The van der Waals surface area contributed by atoms with Crippen molar-refractivity contribution in [3.63, 3.8) is 0 Å². The molecule has 1 aliphatic heterocycles. The molecule has 5 rings (SSSR count). The molecule has 0 saturated heterocycles. The van der Waals surface area contributed by atoms with Gasteiger partial charge in [-0.2, -0.15) is 5.10 Å². The maximum absolute atomic E-state index is 13.0. The highest BCUT2D eigenvalue weighted by molar-refractivity contribution is 5.94. The molecule has 1 aliphatic carbocycles. The van der Waals surface area contributed by atoms with E-state index in [1.54, 1.807) is 0 Å². The molecule has 1 atom stereocenters. The van der Waals surface area contributed by atoms with E-state index in [0.717, 1.165) is 47.7 Å². The number of aromatic nitrogens is 5. The van der Waals surface area contributed by atoms with Crippen molar-refractivity contribution in [3.05, 3.63) is 53.1 Å². The minimum Gasteiger partial charge on any atom is -0.328 e. The third kappa shape index (κ3) is 2.27. The molecular formula is C19H20N6O. The molecule has 2 aromatic heterocycles. The van der Waals surface area contributed by atoms with Gasteiger partial charge in [0.25, 0.3) is 5.91 Å². The Morgan fingerprint density at radius 1 is 1.19 bits per heavy atom. The van der Waals surface area contributed by atoms with Crippen LogP contribution in [-0.4, -0.2) is 42.3 Å². The van der Waals surface area contributed by atoms with Gasteiger partial charge < -0.3 is 9.47 Å². The molecule has 0 spiro atoms. The Hall–Kier alpha value is -2.96. The first-order valence-electron chi connectivity index (χ1n) is 9.07. The summed E-state index contributed by atoms with van der Waals surface area (Å²) in [5.74, 6) is 1.68. The van der Waals surface area contributed by atoms with E-state index >= 15 is 0 Å². The second kappa shape index (κ2) is 5.79. The minimum absolute atomic E-state index is 0.00763. The van der Waals surface area contributed by atoms with Crippen LogP contribution in [0.3, 0.4) is 0 Å². The fraction of sp³-hybridized carbons (Fsp3) is 0.368. The average molecular weight is 348 g/mol. The first-order valence-corrected chi connectivity index (χ1v) is 9.07. The van der Waals surface area contributed by atoms with Gasteiger partial charge in [0.1, 0.15) is 0 Å². The fourth-order valence-corrected chi connectivity index (χ4v) is 4.12. The van der Waals surface area contributed by atoms with Crippen LogP contribution in [0.25, 0.3) is 11.4 Å². The molecule has 1 aromatic carbocycles. The zero-order chi connectivity index (χ0) is 17.7. The molecule has 0 unspecified atom stereocenters. The Bertz CT molecular complexity index is 973. The summed E-state index contributed by atoms with van der Waals surface area (Å²) in [6, 6.07) is 10.2.